The number of carbonyl (C=O) groups excluding carboxylic acids is 1. The molecule has 4 rings (SSSR count). The van der Waals surface area contributed by atoms with Crippen LogP contribution in [0.4, 0.5) is 5.69 Å². The minimum atomic E-state index is -0.213. The number of para-hydroxylation sites is 1. The van der Waals surface area contributed by atoms with E-state index >= 15 is 0 Å². The van der Waals surface area contributed by atoms with Crippen LogP contribution in [0.25, 0.3) is 10.9 Å². The molecule has 0 saturated carbocycles. The van der Waals surface area contributed by atoms with E-state index in [0.29, 0.717) is 26.8 Å². The van der Waals surface area contributed by atoms with Gasteiger partial charge in [0.15, 0.2) is 5.16 Å². The van der Waals surface area contributed by atoms with Gasteiger partial charge in [0.1, 0.15) is 5.76 Å². The molecule has 1 N–H and O–H groups in total. The molecule has 0 bridgehead atoms. The van der Waals surface area contributed by atoms with Gasteiger partial charge in [0, 0.05) is 10.7 Å². The number of nitrogens with zero attached hydrogens (tertiary/aromatic N) is 2. The van der Waals surface area contributed by atoms with Gasteiger partial charge in [-0.25, -0.2) is 4.98 Å². The Balaban J connectivity index is 1.63. The van der Waals surface area contributed by atoms with Gasteiger partial charge < -0.3 is 9.73 Å². The van der Waals surface area contributed by atoms with E-state index < -0.39 is 0 Å². The number of benzene rings is 2. The van der Waals surface area contributed by atoms with Gasteiger partial charge in [0.25, 0.3) is 5.56 Å². The molecule has 6 nitrogen and oxygen atoms in total. The molecule has 0 aliphatic rings. The quantitative estimate of drug-likeness (QED) is 0.347. The van der Waals surface area contributed by atoms with Gasteiger partial charge in [0.05, 0.1) is 29.5 Å². The molecular formula is C22H18ClN3O3S. The second kappa shape index (κ2) is 8.77. The van der Waals surface area contributed by atoms with Crippen LogP contribution >= 0.6 is 23.4 Å². The number of amides is 1. The van der Waals surface area contributed by atoms with Crippen LogP contribution in [0, 0.1) is 6.92 Å². The minimum Gasteiger partial charge on any atom is -0.467 e. The number of carbonyl (C=O) groups is 1. The number of rotatable bonds is 6. The molecule has 0 fully saturated rings. The Hall–Kier alpha value is -3.03. The maximum atomic E-state index is 13.1. The number of anilines is 1. The number of aromatic nitrogens is 2. The second-order valence-electron chi connectivity index (χ2n) is 6.68. The first-order valence-corrected chi connectivity index (χ1v) is 10.6. The molecule has 0 saturated heterocycles. The summed E-state index contributed by atoms with van der Waals surface area (Å²) in [6.45, 7) is 2.15. The summed E-state index contributed by atoms with van der Waals surface area (Å²) in [6.07, 6.45) is 1.55. The predicted octanol–water partition coefficient (Wildman–Crippen LogP) is 4.73. The highest BCUT2D eigenvalue weighted by Crippen LogP contribution is 2.22. The van der Waals surface area contributed by atoms with E-state index in [4.69, 9.17) is 16.0 Å². The average molecular weight is 440 g/mol. The molecule has 8 heteroatoms. The molecule has 152 valence electrons. The summed E-state index contributed by atoms with van der Waals surface area (Å²) in [7, 11) is 0. The van der Waals surface area contributed by atoms with E-state index in [2.05, 4.69) is 10.3 Å². The van der Waals surface area contributed by atoms with Crippen molar-refractivity contribution in [3.63, 3.8) is 0 Å². The Morgan fingerprint density at radius 2 is 2.03 bits per heavy atom. The van der Waals surface area contributed by atoms with Crippen LogP contribution in [0.5, 0.6) is 0 Å². The van der Waals surface area contributed by atoms with Gasteiger partial charge in [-0.1, -0.05) is 41.6 Å². The van der Waals surface area contributed by atoms with Crippen LogP contribution in [0.3, 0.4) is 0 Å². The SMILES string of the molecule is Cc1ccccc1NC(=O)CSc1nc2cc(Cl)ccc2c(=O)n1Cc1ccco1. The number of nitrogens with one attached hydrogen (secondary N) is 1. The van der Waals surface area contributed by atoms with Gasteiger partial charge in [-0.15, -0.1) is 0 Å². The third-order valence-corrected chi connectivity index (χ3v) is 5.74. The molecule has 30 heavy (non-hydrogen) atoms. The van der Waals surface area contributed by atoms with Crippen molar-refractivity contribution < 1.29 is 9.21 Å². The molecule has 0 radical (unpaired) electrons. The monoisotopic (exact) mass is 439 g/mol. The molecular weight excluding hydrogens is 422 g/mol. The number of furan rings is 1. The molecule has 2 aromatic carbocycles. The fraction of sp³-hybridized carbons (Fsp3) is 0.136. The maximum absolute atomic E-state index is 13.1. The van der Waals surface area contributed by atoms with E-state index in [1.54, 1.807) is 36.6 Å². The fourth-order valence-electron chi connectivity index (χ4n) is 3.01. The number of halogens is 1. The highest BCUT2D eigenvalue weighted by Gasteiger charge is 2.15. The number of thioether (sulfide) groups is 1. The Morgan fingerprint density at radius 1 is 1.20 bits per heavy atom. The van der Waals surface area contributed by atoms with Crippen molar-refractivity contribution in [1.82, 2.24) is 9.55 Å². The zero-order valence-corrected chi connectivity index (χ0v) is 17.7. The van der Waals surface area contributed by atoms with Crippen molar-refractivity contribution in [2.75, 3.05) is 11.1 Å². The zero-order chi connectivity index (χ0) is 21.1. The topological polar surface area (TPSA) is 77.1 Å². The van der Waals surface area contributed by atoms with Crippen molar-refractivity contribution in [2.24, 2.45) is 0 Å². The summed E-state index contributed by atoms with van der Waals surface area (Å²) >= 11 is 7.27. The molecule has 4 aromatic rings. The highest BCUT2D eigenvalue weighted by atomic mass is 35.5. The summed E-state index contributed by atoms with van der Waals surface area (Å²) in [6, 6.07) is 16.1. The average Bonchev–Trinajstić information content (AvgIpc) is 3.23. The van der Waals surface area contributed by atoms with Crippen LogP contribution < -0.4 is 10.9 Å². The Labute approximate surface area is 181 Å². The van der Waals surface area contributed by atoms with Gasteiger partial charge in [-0.2, -0.15) is 0 Å². The van der Waals surface area contributed by atoms with Crippen LogP contribution in [-0.4, -0.2) is 21.2 Å². The van der Waals surface area contributed by atoms with Crippen LogP contribution in [0.1, 0.15) is 11.3 Å². The first-order chi connectivity index (χ1) is 14.5. The zero-order valence-electron chi connectivity index (χ0n) is 16.1. The Bertz CT molecular complexity index is 1270. The highest BCUT2D eigenvalue weighted by molar-refractivity contribution is 7.99. The maximum Gasteiger partial charge on any atom is 0.262 e. The Kier molecular flexibility index (Phi) is 5.92. The molecule has 0 spiro atoms. The lowest BCUT2D eigenvalue weighted by molar-refractivity contribution is -0.113. The molecule has 1 amide bonds. The number of fused-ring (bicyclic) bond motifs is 1. The van der Waals surface area contributed by atoms with Gasteiger partial charge in [-0.05, 0) is 48.9 Å². The standard InChI is InChI=1S/C22H18ClN3O3S/c1-14-5-2-3-7-18(14)24-20(27)13-30-22-25-19-11-15(23)8-9-17(19)21(28)26(22)12-16-6-4-10-29-16/h2-11H,12-13H2,1H3,(H,24,27). The second-order valence-corrected chi connectivity index (χ2v) is 8.06. The van der Waals surface area contributed by atoms with Gasteiger partial charge in [0.2, 0.25) is 5.91 Å². The van der Waals surface area contributed by atoms with Crippen molar-refractivity contribution in [3.8, 4) is 0 Å². The molecule has 0 aliphatic carbocycles. The first kappa shape index (κ1) is 20.3. The van der Waals surface area contributed by atoms with E-state index in [1.165, 1.54) is 16.3 Å². The molecule has 0 aliphatic heterocycles. The summed E-state index contributed by atoms with van der Waals surface area (Å²) in [5.41, 5.74) is 2.01. The van der Waals surface area contributed by atoms with E-state index in [0.717, 1.165) is 11.3 Å². The lowest BCUT2D eigenvalue weighted by Crippen LogP contribution is -2.24. The van der Waals surface area contributed by atoms with Crippen molar-refractivity contribution in [3.05, 3.63) is 87.6 Å². The van der Waals surface area contributed by atoms with E-state index in [9.17, 15) is 9.59 Å². The van der Waals surface area contributed by atoms with Crippen molar-refractivity contribution >= 4 is 45.9 Å². The largest absolute Gasteiger partial charge is 0.467 e. The molecule has 2 heterocycles. The van der Waals surface area contributed by atoms with Crippen LogP contribution in [-0.2, 0) is 11.3 Å². The summed E-state index contributed by atoms with van der Waals surface area (Å²) in [5.74, 6) is 0.545. The molecule has 2 aromatic heterocycles. The Morgan fingerprint density at radius 3 is 2.80 bits per heavy atom. The van der Waals surface area contributed by atoms with Gasteiger partial charge in [-0.3, -0.25) is 14.2 Å². The van der Waals surface area contributed by atoms with Crippen LogP contribution in [0.15, 0.2) is 75.2 Å². The normalized spacial score (nSPS) is 11.0. The lowest BCUT2D eigenvalue weighted by atomic mass is 10.2. The third kappa shape index (κ3) is 4.42. The van der Waals surface area contributed by atoms with Gasteiger partial charge >= 0.3 is 0 Å². The van der Waals surface area contributed by atoms with Crippen molar-refractivity contribution in [2.45, 2.75) is 18.6 Å². The van der Waals surface area contributed by atoms with Crippen molar-refractivity contribution in [1.29, 1.82) is 0 Å². The number of hydrogen-bond donors (Lipinski definition) is 1. The molecule has 0 atom stereocenters. The minimum absolute atomic E-state index is 0.102. The first-order valence-electron chi connectivity index (χ1n) is 9.22. The predicted molar refractivity (Wildman–Crippen MR) is 119 cm³/mol. The summed E-state index contributed by atoms with van der Waals surface area (Å²) in [5, 5.41) is 4.26. The summed E-state index contributed by atoms with van der Waals surface area (Å²) in [4.78, 5) is 30.2. The van der Waals surface area contributed by atoms with E-state index in [-0.39, 0.29) is 23.8 Å². The number of aryl methyl sites for hydroxylation is 1. The smallest absolute Gasteiger partial charge is 0.262 e. The lowest BCUT2D eigenvalue weighted by Gasteiger charge is -2.13. The van der Waals surface area contributed by atoms with Crippen LogP contribution in [0.2, 0.25) is 5.02 Å². The number of hydrogen-bond acceptors (Lipinski definition) is 5. The summed E-state index contributed by atoms with van der Waals surface area (Å²) < 4.78 is 6.91. The molecule has 0 unspecified atom stereocenters. The fourth-order valence-corrected chi connectivity index (χ4v) is 3.98. The third-order valence-electron chi connectivity index (χ3n) is 4.53. The van der Waals surface area contributed by atoms with E-state index in [1.807, 2.05) is 31.2 Å².